The van der Waals surface area contributed by atoms with Crippen molar-refractivity contribution in [3.63, 3.8) is 0 Å². The molecule has 0 spiro atoms. The fraction of sp³-hybridized carbons (Fsp3) is 0.0800. The second-order valence-corrected chi connectivity index (χ2v) is 14.5. The van der Waals surface area contributed by atoms with Crippen LogP contribution in [0.5, 0.6) is 0 Å². The highest BCUT2D eigenvalue weighted by molar-refractivity contribution is 8.34. The van der Waals surface area contributed by atoms with Crippen LogP contribution in [-0.4, -0.2) is 19.7 Å². The van der Waals surface area contributed by atoms with E-state index in [4.69, 9.17) is 3.63 Å². The quantitative estimate of drug-likeness (QED) is 0.159. The highest BCUT2D eigenvalue weighted by atomic mass is 32.3. The summed E-state index contributed by atoms with van der Waals surface area (Å²) in [4.78, 5) is 13.0. The molecule has 3 aromatic carbocycles. The van der Waals surface area contributed by atoms with Crippen LogP contribution in [0.3, 0.4) is 0 Å². The Hall–Kier alpha value is -2.57. The second-order valence-electron chi connectivity index (χ2n) is 7.41. The lowest BCUT2D eigenvalue weighted by Gasteiger charge is -2.38. The van der Waals surface area contributed by atoms with Crippen molar-refractivity contribution < 1.29 is 30.0 Å². The number of carbonyl (C=O) groups excluding carboxylic acids is 1. The van der Waals surface area contributed by atoms with Gasteiger partial charge in [-0.3, -0.25) is 4.79 Å². The summed E-state index contributed by atoms with van der Waals surface area (Å²) < 4.78 is 71.9. The van der Waals surface area contributed by atoms with Crippen LogP contribution in [0.15, 0.2) is 120 Å². The van der Waals surface area contributed by atoms with E-state index in [2.05, 4.69) is 0 Å². The van der Waals surface area contributed by atoms with E-state index in [1.807, 2.05) is 0 Å². The van der Waals surface area contributed by atoms with Gasteiger partial charge < -0.3 is 0 Å². The standard InChI is InChI=1S/C25H19F3O4S4/c1-18(29)19-12-14-20(15-13-19)33-23-16-17-24(34-23)35(21-8-4-2-5-9-21,22-10-6-3-7-11-22)32-36(30,31)25(26,27)28/h2-17H,1H3. The van der Waals surface area contributed by atoms with Gasteiger partial charge in [-0.2, -0.15) is 25.2 Å². The lowest BCUT2D eigenvalue weighted by atomic mass is 10.2. The van der Waals surface area contributed by atoms with Gasteiger partial charge in [0.2, 0.25) is 0 Å². The van der Waals surface area contributed by atoms with Crippen LogP contribution in [0.1, 0.15) is 17.3 Å². The van der Waals surface area contributed by atoms with Gasteiger partial charge in [-0.25, -0.2) is 0 Å². The zero-order valence-electron chi connectivity index (χ0n) is 18.6. The Kier molecular flexibility index (Phi) is 7.67. The van der Waals surface area contributed by atoms with E-state index in [0.717, 1.165) is 20.4 Å². The highest BCUT2D eigenvalue weighted by Gasteiger charge is 2.52. The number of Topliss-reactive ketones (excluding diaryl/α,β-unsaturated/α-hetero) is 1. The summed E-state index contributed by atoms with van der Waals surface area (Å²) >= 11 is 2.51. The second kappa shape index (κ2) is 10.4. The number of hydrogen-bond donors (Lipinski definition) is 0. The molecule has 0 aliphatic carbocycles. The summed E-state index contributed by atoms with van der Waals surface area (Å²) in [5, 5.41) is 0. The number of ketones is 1. The van der Waals surface area contributed by atoms with Crippen molar-refractivity contribution in [3.05, 3.63) is 103 Å². The van der Waals surface area contributed by atoms with E-state index in [1.165, 1.54) is 18.7 Å². The van der Waals surface area contributed by atoms with Crippen molar-refractivity contribution in [1.29, 1.82) is 0 Å². The Balaban J connectivity index is 1.86. The summed E-state index contributed by atoms with van der Waals surface area (Å²) in [5.74, 6) is -0.0629. The number of thiophene rings is 1. The van der Waals surface area contributed by atoms with Crippen molar-refractivity contribution in [1.82, 2.24) is 0 Å². The van der Waals surface area contributed by atoms with Crippen LogP contribution in [0.2, 0.25) is 0 Å². The van der Waals surface area contributed by atoms with Crippen LogP contribution in [0.25, 0.3) is 0 Å². The molecule has 1 aromatic heterocycles. The van der Waals surface area contributed by atoms with Crippen LogP contribution in [0, 0.1) is 0 Å². The average molecular weight is 569 g/mol. The molecule has 0 amide bonds. The lowest BCUT2D eigenvalue weighted by molar-refractivity contribution is -0.0496. The van der Waals surface area contributed by atoms with Crippen LogP contribution in [-0.2, 0) is 13.7 Å². The molecule has 0 atom stereocenters. The van der Waals surface area contributed by atoms with Gasteiger partial charge in [0.1, 0.15) is 0 Å². The topological polar surface area (TPSA) is 60.4 Å². The van der Waals surface area contributed by atoms with E-state index in [-0.39, 0.29) is 5.78 Å². The number of hydrogen-bond acceptors (Lipinski definition) is 6. The molecule has 188 valence electrons. The van der Waals surface area contributed by atoms with E-state index in [9.17, 15) is 26.4 Å². The molecular formula is C25H19F3O4S4. The number of carbonyl (C=O) groups is 1. The largest absolute Gasteiger partial charge is 0.524 e. The van der Waals surface area contributed by atoms with E-state index < -0.39 is 25.9 Å². The molecule has 0 saturated heterocycles. The third-order valence-electron chi connectivity index (χ3n) is 4.94. The maximum absolute atomic E-state index is 13.6. The zero-order valence-corrected chi connectivity index (χ0v) is 21.9. The monoisotopic (exact) mass is 568 g/mol. The molecule has 4 nitrogen and oxygen atoms in total. The first-order chi connectivity index (χ1) is 17.0. The molecule has 0 saturated carbocycles. The number of alkyl halides is 3. The molecule has 0 bridgehead atoms. The Morgan fingerprint density at radius 1 is 0.806 bits per heavy atom. The van der Waals surface area contributed by atoms with Crippen molar-refractivity contribution in [2.24, 2.45) is 0 Å². The van der Waals surface area contributed by atoms with Crippen molar-refractivity contribution in [3.8, 4) is 0 Å². The smallest absolute Gasteiger partial charge is 0.295 e. The van der Waals surface area contributed by atoms with Crippen LogP contribution >= 0.6 is 33.4 Å². The summed E-state index contributed by atoms with van der Waals surface area (Å²) in [7, 11) is -9.27. The third kappa shape index (κ3) is 5.40. The number of benzene rings is 3. The summed E-state index contributed by atoms with van der Waals surface area (Å²) in [6, 6.07) is 26.5. The third-order valence-corrected chi connectivity index (χ3v) is 12.6. The van der Waals surface area contributed by atoms with Crippen LogP contribution in [0.4, 0.5) is 13.2 Å². The molecule has 0 radical (unpaired) electrons. The molecule has 36 heavy (non-hydrogen) atoms. The molecule has 0 unspecified atom stereocenters. The molecular weight excluding hydrogens is 550 g/mol. The van der Waals surface area contributed by atoms with Crippen molar-refractivity contribution in [2.75, 3.05) is 0 Å². The SMILES string of the molecule is CC(=O)c1ccc(Sc2ccc(S(OS(=O)(=O)C(F)(F)F)(c3ccccc3)c3ccccc3)s2)cc1. The van der Waals surface area contributed by atoms with Gasteiger partial charge in [-0.15, -0.1) is 11.3 Å². The Morgan fingerprint density at radius 3 is 1.81 bits per heavy atom. The van der Waals surface area contributed by atoms with Crippen molar-refractivity contribution in [2.45, 2.75) is 35.5 Å². The summed E-state index contributed by atoms with van der Waals surface area (Å²) in [6.45, 7) is 1.47. The first kappa shape index (κ1) is 26.5. The maximum Gasteiger partial charge on any atom is 0.524 e. The minimum absolute atomic E-state index is 0.0629. The zero-order chi connectivity index (χ0) is 26.0. The average Bonchev–Trinajstić information content (AvgIpc) is 3.32. The van der Waals surface area contributed by atoms with Gasteiger partial charge in [0.05, 0.1) is 8.42 Å². The Morgan fingerprint density at radius 2 is 1.33 bits per heavy atom. The number of halogens is 3. The maximum atomic E-state index is 13.6. The molecule has 4 rings (SSSR count). The van der Waals surface area contributed by atoms with E-state index >= 15 is 0 Å². The normalized spacial score (nSPS) is 12.9. The predicted octanol–water partition coefficient (Wildman–Crippen LogP) is 8.16. The molecule has 0 aliphatic heterocycles. The van der Waals surface area contributed by atoms with Gasteiger partial charge in [0, 0.05) is 20.2 Å². The molecule has 1 heterocycles. The first-order valence-corrected chi connectivity index (χ1v) is 15.0. The Labute approximate surface area is 216 Å². The van der Waals surface area contributed by atoms with Gasteiger partial charge in [-0.05, 0) is 65.8 Å². The predicted molar refractivity (Wildman–Crippen MR) is 136 cm³/mol. The Bertz CT molecular complexity index is 1410. The lowest BCUT2D eigenvalue weighted by Crippen LogP contribution is -2.27. The van der Waals surface area contributed by atoms with Gasteiger partial charge in [0.15, 0.2) is 5.78 Å². The summed E-state index contributed by atoms with van der Waals surface area (Å²) in [5.41, 5.74) is -5.03. The van der Waals surface area contributed by atoms with Gasteiger partial charge >= 0.3 is 15.6 Å². The van der Waals surface area contributed by atoms with E-state index in [0.29, 0.717) is 19.6 Å². The molecule has 0 N–H and O–H groups in total. The van der Waals surface area contributed by atoms with Crippen LogP contribution < -0.4 is 0 Å². The first-order valence-electron chi connectivity index (χ1n) is 10.4. The molecule has 4 aromatic rings. The number of rotatable bonds is 8. The fourth-order valence-corrected chi connectivity index (χ4v) is 11.2. The minimum atomic E-state index is -5.96. The fourth-order valence-electron chi connectivity index (χ4n) is 3.26. The van der Waals surface area contributed by atoms with Crippen molar-refractivity contribution >= 4 is 49.3 Å². The van der Waals surface area contributed by atoms with Gasteiger partial charge in [-0.1, -0.05) is 60.3 Å². The highest BCUT2D eigenvalue weighted by Crippen LogP contribution is 2.72. The van der Waals surface area contributed by atoms with Gasteiger partial charge in [0.25, 0.3) is 0 Å². The van der Waals surface area contributed by atoms with E-state index in [1.54, 1.807) is 97.1 Å². The molecule has 11 heteroatoms. The minimum Gasteiger partial charge on any atom is -0.295 e. The summed E-state index contributed by atoms with van der Waals surface area (Å²) in [6.07, 6.45) is 0. The molecule has 0 fully saturated rings. The molecule has 0 aliphatic rings.